The standard InChI is InChI=1S/C15H28N2O3S/c1-11-15(10-17(11)21(19)14(5,6)7)8-16(9-15)12(18)20-13(2,3)4/h11H,8-10H2,1-7H3/t11-,21?/m1/s1. The van der Waals surface area contributed by atoms with Crippen LogP contribution in [0.4, 0.5) is 4.79 Å². The van der Waals surface area contributed by atoms with E-state index in [-0.39, 0.29) is 22.3 Å². The molecule has 5 nitrogen and oxygen atoms in total. The summed E-state index contributed by atoms with van der Waals surface area (Å²) in [7, 11) is -0.979. The number of nitrogens with zero attached hydrogens (tertiary/aromatic N) is 2. The van der Waals surface area contributed by atoms with E-state index in [1.54, 1.807) is 4.90 Å². The number of ether oxygens (including phenoxy) is 1. The Labute approximate surface area is 130 Å². The molecule has 2 aliphatic heterocycles. The molecule has 2 atom stereocenters. The van der Waals surface area contributed by atoms with Crippen LogP contribution >= 0.6 is 0 Å². The molecule has 1 spiro atoms. The van der Waals surface area contributed by atoms with Crippen molar-refractivity contribution in [3.05, 3.63) is 0 Å². The molecule has 2 fully saturated rings. The third-order valence-electron chi connectivity index (χ3n) is 4.19. The van der Waals surface area contributed by atoms with Crippen LogP contribution in [0.3, 0.4) is 0 Å². The van der Waals surface area contributed by atoms with E-state index in [9.17, 15) is 9.00 Å². The Morgan fingerprint density at radius 3 is 2.05 bits per heavy atom. The van der Waals surface area contributed by atoms with Gasteiger partial charge in [0.1, 0.15) is 5.60 Å². The van der Waals surface area contributed by atoms with Crippen molar-refractivity contribution in [2.24, 2.45) is 5.41 Å². The predicted octanol–water partition coefficient (Wildman–Crippen LogP) is 2.39. The van der Waals surface area contributed by atoms with Gasteiger partial charge in [-0.1, -0.05) is 0 Å². The summed E-state index contributed by atoms with van der Waals surface area (Å²) >= 11 is 0. The van der Waals surface area contributed by atoms with Crippen molar-refractivity contribution in [1.82, 2.24) is 9.21 Å². The quantitative estimate of drug-likeness (QED) is 0.746. The highest BCUT2D eigenvalue weighted by Crippen LogP contribution is 2.47. The molecule has 0 saturated carbocycles. The molecule has 2 aliphatic rings. The average Bonchev–Trinajstić information content (AvgIpc) is 2.21. The van der Waals surface area contributed by atoms with Crippen LogP contribution in [0, 0.1) is 5.41 Å². The molecule has 0 aromatic rings. The van der Waals surface area contributed by atoms with E-state index in [0.29, 0.717) is 13.1 Å². The SMILES string of the molecule is C[C@H]1N(S(=O)C(C)(C)C)CC12CN(C(=O)OC(C)(C)C)C2. The van der Waals surface area contributed by atoms with Crippen LogP contribution in [0.1, 0.15) is 48.5 Å². The van der Waals surface area contributed by atoms with Crippen molar-refractivity contribution < 1.29 is 13.7 Å². The lowest BCUT2D eigenvalue weighted by atomic mass is 9.68. The number of carbonyl (C=O) groups excluding carboxylic acids is 1. The fourth-order valence-corrected chi connectivity index (χ4v) is 4.45. The number of carbonyl (C=O) groups is 1. The van der Waals surface area contributed by atoms with Gasteiger partial charge >= 0.3 is 6.09 Å². The van der Waals surface area contributed by atoms with E-state index in [0.717, 1.165) is 6.54 Å². The van der Waals surface area contributed by atoms with Gasteiger partial charge in [0, 0.05) is 31.1 Å². The van der Waals surface area contributed by atoms with Gasteiger partial charge in [-0.05, 0) is 48.5 Å². The lowest BCUT2D eigenvalue weighted by Crippen LogP contribution is -2.78. The Balaban J connectivity index is 1.88. The monoisotopic (exact) mass is 316 g/mol. The lowest BCUT2D eigenvalue weighted by Gasteiger charge is -2.64. The lowest BCUT2D eigenvalue weighted by molar-refractivity contribution is -0.117. The summed E-state index contributed by atoms with van der Waals surface area (Å²) in [6.45, 7) is 15.9. The third kappa shape index (κ3) is 3.11. The van der Waals surface area contributed by atoms with Crippen LogP contribution in [0.2, 0.25) is 0 Å². The minimum Gasteiger partial charge on any atom is -0.444 e. The van der Waals surface area contributed by atoms with Crippen LogP contribution in [0.15, 0.2) is 0 Å². The van der Waals surface area contributed by atoms with Crippen molar-refractivity contribution in [3.8, 4) is 0 Å². The van der Waals surface area contributed by atoms with Gasteiger partial charge in [-0.25, -0.2) is 13.3 Å². The highest BCUT2D eigenvalue weighted by molar-refractivity contribution is 7.84. The zero-order chi connectivity index (χ0) is 16.2. The van der Waals surface area contributed by atoms with Crippen molar-refractivity contribution in [2.75, 3.05) is 19.6 Å². The Bertz CT molecular complexity index is 459. The van der Waals surface area contributed by atoms with Gasteiger partial charge < -0.3 is 9.64 Å². The molecule has 0 aromatic carbocycles. The zero-order valence-electron chi connectivity index (χ0n) is 14.2. The fraction of sp³-hybridized carbons (Fsp3) is 0.933. The van der Waals surface area contributed by atoms with Gasteiger partial charge in [0.15, 0.2) is 0 Å². The molecule has 0 radical (unpaired) electrons. The fourth-order valence-electron chi connectivity index (χ4n) is 2.86. The number of hydrogen-bond acceptors (Lipinski definition) is 3. The van der Waals surface area contributed by atoms with Gasteiger partial charge in [0.05, 0.1) is 15.7 Å². The van der Waals surface area contributed by atoms with E-state index < -0.39 is 16.6 Å². The second kappa shape index (κ2) is 4.95. The Kier molecular flexibility index (Phi) is 3.94. The highest BCUT2D eigenvalue weighted by atomic mass is 32.2. The smallest absolute Gasteiger partial charge is 0.410 e. The minimum absolute atomic E-state index is 0.109. The first-order valence-electron chi connectivity index (χ1n) is 7.52. The van der Waals surface area contributed by atoms with Crippen molar-refractivity contribution >= 4 is 17.1 Å². The Morgan fingerprint density at radius 1 is 1.14 bits per heavy atom. The van der Waals surface area contributed by atoms with E-state index in [2.05, 4.69) is 6.92 Å². The molecule has 0 bridgehead atoms. The first-order chi connectivity index (χ1) is 9.36. The summed E-state index contributed by atoms with van der Waals surface area (Å²) in [4.78, 5) is 13.7. The molecule has 21 heavy (non-hydrogen) atoms. The van der Waals surface area contributed by atoms with Crippen molar-refractivity contribution in [2.45, 2.75) is 64.9 Å². The van der Waals surface area contributed by atoms with Gasteiger partial charge in [-0.2, -0.15) is 0 Å². The maximum atomic E-state index is 12.4. The number of hydrogen-bond donors (Lipinski definition) is 0. The van der Waals surface area contributed by atoms with Crippen LogP contribution in [0.5, 0.6) is 0 Å². The molecule has 1 amide bonds. The first-order valence-corrected chi connectivity index (χ1v) is 8.63. The maximum Gasteiger partial charge on any atom is 0.410 e. The molecule has 6 heteroatoms. The van der Waals surface area contributed by atoms with Crippen LogP contribution in [-0.2, 0) is 15.7 Å². The van der Waals surface area contributed by atoms with E-state index in [4.69, 9.17) is 4.74 Å². The van der Waals surface area contributed by atoms with Crippen molar-refractivity contribution in [3.63, 3.8) is 0 Å². The van der Waals surface area contributed by atoms with E-state index in [1.807, 2.05) is 45.8 Å². The second-order valence-electron chi connectivity index (χ2n) is 8.31. The Hall–Kier alpha value is -0.620. The molecular formula is C15H28N2O3S. The maximum absolute atomic E-state index is 12.4. The largest absolute Gasteiger partial charge is 0.444 e. The summed E-state index contributed by atoms with van der Waals surface area (Å²) in [5.74, 6) is 0. The van der Waals surface area contributed by atoms with Crippen LogP contribution < -0.4 is 0 Å². The minimum atomic E-state index is -0.979. The summed E-state index contributed by atoms with van der Waals surface area (Å²) < 4.78 is 19.6. The highest BCUT2D eigenvalue weighted by Gasteiger charge is 2.61. The van der Waals surface area contributed by atoms with E-state index >= 15 is 0 Å². The molecule has 0 aliphatic carbocycles. The number of amides is 1. The normalized spacial score (nSPS) is 27.0. The summed E-state index contributed by atoms with van der Waals surface area (Å²) in [6.07, 6.45) is -0.240. The van der Waals surface area contributed by atoms with Gasteiger partial charge in [0.2, 0.25) is 0 Å². The summed E-state index contributed by atoms with van der Waals surface area (Å²) in [6, 6.07) is 0.247. The second-order valence-corrected chi connectivity index (χ2v) is 10.5. The topological polar surface area (TPSA) is 49.9 Å². The van der Waals surface area contributed by atoms with Crippen molar-refractivity contribution in [1.29, 1.82) is 0 Å². The molecule has 122 valence electrons. The zero-order valence-corrected chi connectivity index (χ0v) is 15.0. The van der Waals surface area contributed by atoms with Crippen LogP contribution in [-0.4, -0.2) is 55.5 Å². The predicted molar refractivity (Wildman–Crippen MR) is 84.3 cm³/mol. The van der Waals surface area contributed by atoms with Crippen LogP contribution in [0.25, 0.3) is 0 Å². The van der Waals surface area contributed by atoms with Gasteiger partial charge in [-0.3, -0.25) is 0 Å². The first kappa shape index (κ1) is 16.7. The van der Waals surface area contributed by atoms with E-state index in [1.165, 1.54) is 0 Å². The third-order valence-corrected chi connectivity index (χ3v) is 6.11. The summed E-state index contributed by atoms with van der Waals surface area (Å²) in [5, 5.41) is 0. The molecule has 2 saturated heterocycles. The molecule has 2 rings (SSSR count). The molecule has 1 unspecified atom stereocenters. The summed E-state index contributed by atoms with van der Waals surface area (Å²) in [5.41, 5.74) is -0.345. The van der Waals surface area contributed by atoms with Gasteiger partial charge in [-0.15, -0.1) is 0 Å². The molecular weight excluding hydrogens is 288 g/mol. The number of likely N-dealkylation sites (tertiary alicyclic amines) is 1. The molecule has 0 N–H and O–H groups in total. The van der Waals surface area contributed by atoms with Gasteiger partial charge in [0.25, 0.3) is 0 Å². The number of rotatable bonds is 1. The Morgan fingerprint density at radius 2 is 1.67 bits per heavy atom. The average molecular weight is 316 g/mol. The molecule has 2 heterocycles. The molecule has 0 aromatic heterocycles.